The Labute approximate surface area is 241 Å². The quantitative estimate of drug-likeness (QED) is 0.252. The summed E-state index contributed by atoms with van der Waals surface area (Å²) < 4.78 is 14.0. The lowest BCUT2D eigenvalue weighted by Crippen LogP contribution is -2.49. The van der Waals surface area contributed by atoms with Crippen LogP contribution in [0.3, 0.4) is 0 Å². The summed E-state index contributed by atoms with van der Waals surface area (Å²) >= 11 is 5.29. The summed E-state index contributed by atoms with van der Waals surface area (Å²) in [6.07, 6.45) is 1.96. The minimum atomic E-state index is -0.544. The van der Waals surface area contributed by atoms with Crippen molar-refractivity contribution >= 4 is 51.9 Å². The van der Waals surface area contributed by atoms with Crippen LogP contribution in [0.4, 0.5) is 27.1 Å². The van der Waals surface area contributed by atoms with Crippen molar-refractivity contribution in [2.75, 3.05) is 54.4 Å². The van der Waals surface area contributed by atoms with E-state index in [0.717, 1.165) is 31.6 Å². The van der Waals surface area contributed by atoms with Crippen LogP contribution in [0.5, 0.6) is 0 Å². The number of amides is 2. The Morgan fingerprint density at radius 1 is 0.878 bits per heavy atom. The smallest absolute Gasteiger partial charge is 0.293 e. The van der Waals surface area contributed by atoms with Crippen molar-refractivity contribution in [1.82, 2.24) is 10.2 Å². The molecule has 0 unspecified atom stereocenters. The summed E-state index contributed by atoms with van der Waals surface area (Å²) in [5.41, 5.74) is 2.24. The highest BCUT2D eigenvalue weighted by molar-refractivity contribution is 7.80. The second-order valence-corrected chi connectivity index (χ2v) is 10.3. The molecule has 0 bridgehead atoms. The lowest BCUT2D eigenvalue weighted by Gasteiger charge is -2.36. The van der Waals surface area contributed by atoms with Crippen LogP contribution in [0.15, 0.2) is 66.7 Å². The number of piperazine rings is 1. The summed E-state index contributed by atoms with van der Waals surface area (Å²) in [7, 11) is 0. The third kappa shape index (κ3) is 6.43. The van der Waals surface area contributed by atoms with Crippen LogP contribution in [0.2, 0.25) is 0 Å². The topological polar surface area (TPSA) is 111 Å². The maximum absolute atomic E-state index is 14.0. The van der Waals surface area contributed by atoms with Crippen LogP contribution in [0.25, 0.3) is 0 Å². The number of benzene rings is 3. The second-order valence-electron chi connectivity index (χ2n) is 9.87. The molecule has 0 spiro atoms. The molecular formula is C29H29FN6O4S. The Kier molecular flexibility index (Phi) is 8.39. The lowest BCUT2D eigenvalue weighted by molar-refractivity contribution is -0.384. The summed E-state index contributed by atoms with van der Waals surface area (Å²) in [5.74, 6) is -1.37. The monoisotopic (exact) mass is 576 g/mol. The van der Waals surface area contributed by atoms with Gasteiger partial charge in [0.25, 0.3) is 17.5 Å². The number of nitrogens with zero attached hydrogens (tertiary/aromatic N) is 4. The van der Waals surface area contributed by atoms with Gasteiger partial charge in [-0.05, 0) is 73.6 Å². The highest BCUT2D eigenvalue weighted by Gasteiger charge is 2.25. The van der Waals surface area contributed by atoms with Crippen molar-refractivity contribution in [1.29, 1.82) is 0 Å². The molecule has 2 saturated heterocycles. The van der Waals surface area contributed by atoms with E-state index in [2.05, 4.69) is 15.5 Å². The van der Waals surface area contributed by atoms with E-state index in [1.807, 2.05) is 29.2 Å². The number of thiocarbonyl (C=S) groups is 1. The van der Waals surface area contributed by atoms with Crippen LogP contribution >= 0.6 is 12.2 Å². The molecule has 3 aromatic carbocycles. The molecule has 10 nitrogen and oxygen atoms in total. The number of nitrogens with one attached hydrogen (secondary N) is 2. The number of hydrogen-bond acceptors (Lipinski definition) is 7. The van der Waals surface area contributed by atoms with Gasteiger partial charge in [-0.2, -0.15) is 0 Å². The van der Waals surface area contributed by atoms with E-state index < -0.39 is 16.6 Å². The largest absolute Gasteiger partial charge is 0.368 e. The zero-order valence-corrected chi connectivity index (χ0v) is 23.0. The molecule has 0 aromatic heterocycles. The SMILES string of the molecule is O=C(NC(=S)Nc1ccc(N2CCN(C(=O)c3ccccc3F)CC2)cc1)c1ccc(N2CCCC2)c([N+](=O)[O-])c1. The number of nitro groups is 1. The number of rotatable bonds is 6. The van der Waals surface area contributed by atoms with Gasteiger partial charge >= 0.3 is 0 Å². The molecule has 41 heavy (non-hydrogen) atoms. The predicted molar refractivity (Wildman–Crippen MR) is 159 cm³/mol. The highest BCUT2D eigenvalue weighted by Crippen LogP contribution is 2.31. The summed E-state index contributed by atoms with van der Waals surface area (Å²) in [4.78, 5) is 42.4. The number of hydrogen-bond donors (Lipinski definition) is 2. The molecule has 0 saturated carbocycles. The predicted octanol–water partition coefficient (Wildman–Crippen LogP) is 4.42. The maximum atomic E-state index is 14.0. The Hall–Kier alpha value is -4.58. The lowest BCUT2D eigenvalue weighted by atomic mass is 10.1. The van der Waals surface area contributed by atoms with Crippen LogP contribution in [-0.4, -0.2) is 66.0 Å². The summed E-state index contributed by atoms with van der Waals surface area (Å²) in [5, 5.41) is 17.3. The maximum Gasteiger partial charge on any atom is 0.293 e. The number of anilines is 3. The minimum Gasteiger partial charge on any atom is -0.368 e. The fraction of sp³-hybridized carbons (Fsp3) is 0.276. The zero-order valence-electron chi connectivity index (χ0n) is 22.2. The molecule has 2 N–H and O–H groups in total. The zero-order chi connectivity index (χ0) is 28.9. The van der Waals surface area contributed by atoms with Gasteiger partial charge in [-0.1, -0.05) is 12.1 Å². The fourth-order valence-corrected chi connectivity index (χ4v) is 5.31. The average molecular weight is 577 g/mol. The first kappa shape index (κ1) is 28.0. The molecule has 2 aliphatic heterocycles. The first-order valence-electron chi connectivity index (χ1n) is 13.3. The Bertz CT molecular complexity index is 1470. The molecule has 2 aliphatic rings. The van der Waals surface area contributed by atoms with E-state index in [0.29, 0.717) is 37.6 Å². The standard InChI is InChI=1S/C29H29FN6O4S/c30-24-6-2-1-5-23(24)28(38)35-17-15-33(16-18-35)22-10-8-21(9-11-22)31-29(41)32-27(37)20-7-12-25(26(19-20)36(39)40)34-13-3-4-14-34/h1-2,5-12,19H,3-4,13-18H2,(H2,31,32,37,41). The minimum absolute atomic E-state index is 0.0642. The van der Waals surface area contributed by atoms with Gasteiger partial charge < -0.3 is 20.0 Å². The average Bonchev–Trinajstić information content (AvgIpc) is 3.52. The molecule has 212 valence electrons. The van der Waals surface area contributed by atoms with Gasteiger partial charge in [0.05, 0.1) is 10.5 Å². The first-order valence-corrected chi connectivity index (χ1v) is 13.8. The Morgan fingerprint density at radius 3 is 2.22 bits per heavy atom. The molecule has 0 radical (unpaired) electrons. The van der Waals surface area contributed by atoms with Crippen LogP contribution in [0, 0.1) is 15.9 Å². The van der Waals surface area contributed by atoms with Gasteiger partial charge in [-0.3, -0.25) is 25.0 Å². The van der Waals surface area contributed by atoms with E-state index in [1.165, 1.54) is 18.2 Å². The number of carbonyl (C=O) groups is 2. The molecule has 2 amide bonds. The number of carbonyl (C=O) groups excluding carboxylic acids is 2. The van der Waals surface area contributed by atoms with E-state index in [1.54, 1.807) is 29.2 Å². The van der Waals surface area contributed by atoms with Crippen molar-refractivity contribution in [3.8, 4) is 0 Å². The van der Waals surface area contributed by atoms with Crippen molar-refractivity contribution in [2.24, 2.45) is 0 Å². The molecule has 12 heteroatoms. The van der Waals surface area contributed by atoms with Gasteiger partial charge in [0.2, 0.25) is 0 Å². The van der Waals surface area contributed by atoms with Gasteiger partial charge in [-0.15, -0.1) is 0 Å². The Balaban J connectivity index is 1.14. The molecule has 2 heterocycles. The fourth-order valence-electron chi connectivity index (χ4n) is 5.10. The van der Waals surface area contributed by atoms with Crippen molar-refractivity contribution < 1.29 is 18.9 Å². The molecule has 3 aromatic rings. The van der Waals surface area contributed by atoms with Gasteiger partial charge in [0.1, 0.15) is 11.5 Å². The summed E-state index contributed by atoms with van der Waals surface area (Å²) in [6.45, 7) is 3.66. The van der Waals surface area contributed by atoms with E-state index in [-0.39, 0.29) is 27.8 Å². The normalized spacial score (nSPS) is 15.0. The van der Waals surface area contributed by atoms with Gasteiger partial charge in [0.15, 0.2) is 5.11 Å². The number of halogens is 1. The van der Waals surface area contributed by atoms with Crippen LogP contribution in [-0.2, 0) is 0 Å². The van der Waals surface area contributed by atoms with Gasteiger partial charge in [0, 0.05) is 62.3 Å². The van der Waals surface area contributed by atoms with Crippen LogP contribution in [0.1, 0.15) is 33.6 Å². The molecule has 2 fully saturated rings. The van der Waals surface area contributed by atoms with Crippen molar-refractivity contribution in [3.63, 3.8) is 0 Å². The van der Waals surface area contributed by atoms with E-state index in [9.17, 15) is 24.1 Å². The summed E-state index contributed by atoms with van der Waals surface area (Å²) in [6, 6.07) is 17.9. The van der Waals surface area contributed by atoms with Gasteiger partial charge in [-0.25, -0.2) is 4.39 Å². The molecule has 0 aliphatic carbocycles. The van der Waals surface area contributed by atoms with Crippen LogP contribution < -0.4 is 20.4 Å². The Morgan fingerprint density at radius 2 is 1.56 bits per heavy atom. The van der Waals surface area contributed by atoms with Crippen molar-refractivity contribution in [2.45, 2.75) is 12.8 Å². The first-order chi connectivity index (χ1) is 19.8. The third-order valence-corrected chi connectivity index (χ3v) is 7.47. The second kappa shape index (κ2) is 12.3. The van der Waals surface area contributed by atoms with E-state index >= 15 is 0 Å². The van der Waals surface area contributed by atoms with Crippen molar-refractivity contribution in [3.05, 3.63) is 93.8 Å². The third-order valence-electron chi connectivity index (χ3n) is 7.27. The molecule has 0 atom stereocenters. The number of nitro benzene ring substituents is 1. The molecule has 5 rings (SSSR count). The highest BCUT2D eigenvalue weighted by atomic mass is 32.1. The van der Waals surface area contributed by atoms with E-state index in [4.69, 9.17) is 12.2 Å². The molecular weight excluding hydrogens is 547 g/mol.